The van der Waals surface area contributed by atoms with Gasteiger partial charge in [0.2, 0.25) is 5.95 Å². The fourth-order valence-electron chi connectivity index (χ4n) is 7.46. The summed E-state index contributed by atoms with van der Waals surface area (Å²) in [7, 11) is 1.66. The van der Waals surface area contributed by atoms with E-state index >= 15 is 0 Å². The van der Waals surface area contributed by atoms with Gasteiger partial charge in [-0.1, -0.05) is 0 Å². The average Bonchev–Trinajstić information content (AvgIpc) is 2.88. The number of aromatic nitrogens is 3. The summed E-state index contributed by atoms with van der Waals surface area (Å²) in [6.07, 6.45) is 8.62. The van der Waals surface area contributed by atoms with Gasteiger partial charge in [0.1, 0.15) is 28.8 Å². The highest BCUT2D eigenvalue weighted by Crippen LogP contribution is 2.60. The average molecular weight is 548 g/mol. The number of alkyl carbamates (subject to hydrolysis) is 1. The zero-order valence-corrected chi connectivity index (χ0v) is 24.4. The van der Waals surface area contributed by atoms with Crippen molar-refractivity contribution in [1.82, 2.24) is 20.3 Å². The summed E-state index contributed by atoms with van der Waals surface area (Å²) in [6.45, 7) is 10.8. The molecule has 10 nitrogen and oxygen atoms in total. The van der Waals surface area contributed by atoms with E-state index in [1.165, 1.54) is 6.42 Å². The van der Waals surface area contributed by atoms with Crippen LogP contribution < -0.4 is 20.7 Å². The van der Waals surface area contributed by atoms with Gasteiger partial charge in [-0.2, -0.15) is 10.2 Å². The molecular formula is C30H41N7O3. The summed E-state index contributed by atoms with van der Waals surface area (Å²) in [4.78, 5) is 26.1. The number of aryl methyl sites for hydroxylation is 1. The van der Waals surface area contributed by atoms with E-state index in [4.69, 9.17) is 9.47 Å². The van der Waals surface area contributed by atoms with Gasteiger partial charge in [0.05, 0.1) is 25.5 Å². The van der Waals surface area contributed by atoms with Crippen molar-refractivity contribution in [3.05, 3.63) is 34.8 Å². The van der Waals surface area contributed by atoms with Crippen LogP contribution in [0.2, 0.25) is 0 Å². The van der Waals surface area contributed by atoms with Crippen molar-refractivity contribution in [1.29, 1.82) is 5.26 Å². The lowest BCUT2D eigenvalue weighted by Crippen LogP contribution is -2.60. The highest BCUT2D eigenvalue weighted by Gasteiger charge is 2.55. The molecule has 4 aliphatic rings. The van der Waals surface area contributed by atoms with Crippen LogP contribution in [0.25, 0.3) is 0 Å². The second-order valence-corrected chi connectivity index (χ2v) is 13.0. The van der Waals surface area contributed by atoms with E-state index in [0.717, 1.165) is 54.8 Å². The molecule has 0 aliphatic heterocycles. The van der Waals surface area contributed by atoms with E-state index in [9.17, 15) is 10.1 Å². The van der Waals surface area contributed by atoms with E-state index in [0.29, 0.717) is 41.6 Å². The summed E-state index contributed by atoms with van der Waals surface area (Å²) in [6, 6.07) is 2.40. The van der Waals surface area contributed by atoms with E-state index in [1.807, 2.05) is 34.6 Å². The van der Waals surface area contributed by atoms with Crippen molar-refractivity contribution >= 4 is 17.9 Å². The number of nitriles is 1. The molecule has 10 heteroatoms. The fraction of sp³-hybridized carbons (Fsp3) is 0.633. The molecule has 0 aromatic carbocycles. The maximum atomic E-state index is 12.5. The Balaban J connectivity index is 1.25. The second-order valence-electron chi connectivity index (χ2n) is 13.0. The second kappa shape index (κ2) is 10.8. The molecular weight excluding hydrogens is 506 g/mol. The number of rotatable bonds is 8. The number of carbonyl (C=O) groups excluding carboxylic acids is 1. The van der Waals surface area contributed by atoms with Crippen molar-refractivity contribution in [2.75, 3.05) is 24.3 Å². The van der Waals surface area contributed by atoms with Crippen molar-refractivity contribution in [3.63, 3.8) is 0 Å². The molecule has 4 saturated carbocycles. The van der Waals surface area contributed by atoms with E-state index < -0.39 is 5.60 Å². The number of carbonyl (C=O) groups is 1. The first-order valence-corrected chi connectivity index (χ1v) is 14.2. The minimum atomic E-state index is -0.507. The van der Waals surface area contributed by atoms with Gasteiger partial charge in [-0.15, -0.1) is 0 Å². The number of nitrogens with zero attached hydrogens (tertiary/aromatic N) is 4. The van der Waals surface area contributed by atoms with Crippen molar-refractivity contribution in [2.45, 2.75) is 84.9 Å². The van der Waals surface area contributed by atoms with Crippen LogP contribution in [-0.2, 0) is 11.3 Å². The Hall–Kier alpha value is -3.61. The zero-order valence-electron chi connectivity index (χ0n) is 24.4. The third-order valence-corrected chi connectivity index (χ3v) is 8.79. The number of hydrogen-bond donors (Lipinski definition) is 3. The van der Waals surface area contributed by atoms with Gasteiger partial charge in [-0.05, 0) is 89.9 Å². The first-order valence-electron chi connectivity index (χ1n) is 14.2. The van der Waals surface area contributed by atoms with E-state index in [1.54, 1.807) is 19.5 Å². The first kappa shape index (κ1) is 27.9. The van der Waals surface area contributed by atoms with Crippen LogP contribution in [0.1, 0.15) is 75.3 Å². The van der Waals surface area contributed by atoms with Crippen LogP contribution in [0.4, 0.5) is 16.6 Å². The van der Waals surface area contributed by atoms with Gasteiger partial charge >= 0.3 is 6.09 Å². The van der Waals surface area contributed by atoms with Gasteiger partial charge in [-0.3, -0.25) is 4.98 Å². The highest BCUT2D eigenvalue weighted by molar-refractivity contribution is 5.68. The Kier molecular flexibility index (Phi) is 7.51. The molecule has 40 heavy (non-hydrogen) atoms. The Bertz CT molecular complexity index is 1300. The Labute approximate surface area is 236 Å². The highest BCUT2D eigenvalue weighted by atomic mass is 16.6. The molecule has 1 amide bonds. The number of ether oxygens (including phenoxy) is 2. The number of pyridine rings is 1. The molecule has 2 aromatic heterocycles. The number of nitrogens with one attached hydrogen (secondary N) is 3. The molecule has 2 heterocycles. The molecule has 3 unspecified atom stereocenters. The lowest BCUT2D eigenvalue weighted by atomic mass is 9.48. The third kappa shape index (κ3) is 5.79. The maximum Gasteiger partial charge on any atom is 0.407 e. The minimum absolute atomic E-state index is 0.132. The Morgan fingerprint density at radius 2 is 1.85 bits per heavy atom. The number of methoxy groups -OCH3 is 1. The van der Waals surface area contributed by atoms with Crippen LogP contribution in [0.15, 0.2) is 12.4 Å². The summed E-state index contributed by atoms with van der Waals surface area (Å²) in [5.41, 5.74) is 2.87. The number of hydrogen-bond acceptors (Lipinski definition) is 9. The summed E-state index contributed by atoms with van der Waals surface area (Å²) >= 11 is 0. The van der Waals surface area contributed by atoms with E-state index in [2.05, 4.69) is 37.0 Å². The number of amides is 1. The van der Waals surface area contributed by atoms with Gasteiger partial charge < -0.3 is 25.4 Å². The molecule has 6 rings (SSSR count). The van der Waals surface area contributed by atoms with Gasteiger partial charge in [0, 0.05) is 29.9 Å². The maximum absolute atomic E-state index is 12.5. The van der Waals surface area contributed by atoms with Crippen LogP contribution in [-0.4, -0.2) is 46.3 Å². The SMILES string of the molecule is COc1c(C)cnc(CNc2ncc(C#N)c(NCC34CC5C[C@H](C3)C(NC(=O)OC(C)(C)C)[C@@H](C5)C4)n2)c1C. The molecule has 5 atom stereocenters. The quantitative estimate of drug-likeness (QED) is 0.412. The molecule has 4 fully saturated rings. The van der Waals surface area contributed by atoms with Crippen LogP contribution in [0.3, 0.4) is 0 Å². The molecule has 214 valence electrons. The fourth-order valence-corrected chi connectivity index (χ4v) is 7.46. The smallest absolute Gasteiger partial charge is 0.407 e. The summed E-state index contributed by atoms with van der Waals surface area (Å²) in [5.74, 6) is 3.38. The molecule has 3 N–H and O–H groups in total. The summed E-state index contributed by atoms with van der Waals surface area (Å²) < 4.78 is 11.1. The molecule has 0 spiro atoms. The summed E-state index contributed by atoms with van der Waals surface area (Å²) in [5, 5.41) is 19.7. The van der Waals surface area contributed by atoms with Gasteiger partial charge in [0.15, 0.2) is 0 Å². The normalized spacial score (nSPS) is 26.6. The monoisotopic (exact) mass is 547 g/mol. The molecule has 4 aliphatic carbocycles. The Morgan fingerprint density at radius 3 is 2.50 bits per heavy atom. The Morgan fingerprint density at radius 1 is 1.12 bits per heavy atom. The lowest BCUT2D eigenvalue weighted by molar-refractivity contribution is -0.0703. The molecule has 2 aromatic rings. The van der Waals surface area contributed by atoms with Gasteiger partial charge in [-0.25, -0.2) is 9.78 Å². The first-order chi connectivity index (χ1) is 19.0. The largest absolute Gasteiger partial charge is 0.496 e. The standard InChI is InChI=1S/C30H41N7O3/c1-17-13-32-23(18(2)25(17)39-6)15-34-27-33-14-22(12-31)26(37-27)35-16-30-9-19-7-20(10-30)24(21(8-19)11-30)36-28(38)40-29(3,4)5/h13-14,19-21,24H,7-11,15-16H2,1-6H3,(H,36,38)(H2,33,34,35,37)/t19?,20-,21+,24?,30?. The zero-order chi connectivity index (χ0) is 28.7. The van der Waals surface area contributed by atoms with Crippen molar-refractivity contribution < 1.29 is 14.3 Å². The van der Waals surface area contributed by atoms with Crippen molar-refractivity contribution in [3.8, 4) is 11.8 Å². The topological polar surface area (TPSA) is 134 Å². The molecule has 4 bridgehead atoms. The molecule has 0 radical (unpaired) electrons. The lowest BCUT2D eigenvalue weighted by Gasteiger charge is -2.60. The van der Waals surface area contributed by atoms with Crippen LogP contribution in [0, 0.1) is 48.3 Å². The number of anilines is 2. The van der Waals surface area contributed by atoms with E-state index in [-0.39, 0.29) is 17.6 Å². The van der Waals surface area contributed by atoms with Crippen LogP contribution >= 0.6 is 0 Å². The van der Waals surface area contributed by atoms with Gasteiger partial charge in [0.25, 0.3) is 0 Å². The van der Waals surface area contributed by atoms with Crippen LogP contribution in [0.5, 0.6) is 5.75 Å². The molecule has 0 saturated heterocycles. The minimum Gasteiger partial charge on any atom is -0.496 e. The third-order valence-electron chi connectivity index (χ3n) is 8.79. The predicted octanol–water partition coefficient (Wildman–Crippen LogP) is 5.11. The predicted molar refractivity (Wildman–Crippen MR) is 152 cm³/mol. The van der Waals surface area contributed by atoms with Crippen molar-refractivity contribution in [2.24, 2.45) is 23.2 Å².